The third-order valence-corrected chi connectivity index (χ3v) is 3.84. The molecule has 0 fully saturated rings. The molecule has 0 heterocycles. The van der Waals surface area contributed by atoms with Crippen LogP contribution in [0.4, 0.5) is 5.69 Å². The molecular formula is C20H24N2O3. The molecule has 0 aliphatic rings. The predicted molar refractivity (Wildman–Crippen MR) is 98.8 cm³/mol. The minimum absolute atomic E-state index is 0.103. The highest BCUT2D eigenvalue weighted by molar-refractivity contribution is 5.96. The fourth-order valence-electron chi connectivity index (χ4n) is 2.45. The number of nitrogens with one attached hydrogen (secondary N) is 2. The molecule has 0 aliphatic heterocycles. The molecule has 5 heteroatoms. The Morgan fingerprint density at radius 3 is 2.32 bits per heavy atom. The maximum atomic E-state index is 12.1. The minimum Gasteiger partial charge on any atom is -0.481 e. The molecule has 2 rings (SSSR count). The van der Waals surface area contributed by atoms with Gasteiger partial charge >= 0.3 is 0 Å². The molecule has 2 N–H and O–H groups in total. The maximum Gasteiger partial charge on any atom is 0.261 e. The Hall–Kier alpha value is -2.82. The normalized spacial score (nSPS) is 11.5. The van der Waals surface area contributed by atoms with Gasteiger partial charge in [-0.15, -0.1) is 0 Å². The second-order valence-corrected chi connectivity index (χ2v) is 6.11. The van der Waals surface area contributed by atoms with Crippen LogP contribution in [0.15, 0.2) is 42.5 Å². The van der Waals surface area contributed by atoms with Crippen molar-refractivity contribution in [1.29, 1.82) is 0 Å². The van der Waals surface area contributed by atoms with Crippen molar-refractivity contribution in [3.05, 3.63) is 59.2 Å². The molecule has 0 bridgehead atoms. The number of rotatable bonds is 6. The Morgan fingerprint density at radius 2 is 1.68 bits per heavy atom. The summed E-state index contributed by atoms with van der Waals surface area (Å²) in [4.78, 5) is 24.2. The van der Waals surface area contributed by atoms with E-state index in [0.29, 0.717) is 5.75 Å². The summed E-state index contributed by atoms with van der Waals surface area (Å²) in [5.41, 5.74) is 3.80. The highest BCUT2D eigenvalue weighted by Crippen LogP contribution is 2.19. The first-order valence-corrected chi connectivity index (χ1v) is 8.24. The fourth-order valence-corrected chi connectivity index (χ4v) is 2.45. The van der Waals surface area contributed by atoms with Crippen LogP contribution >= 0.6 is 0 Å². The summed E-state index contributed by atoms with van der Waals surface area (Å²) in [5, 5.41) is 5.44. The number of para-hydroxylation sites is 1. The summed E-state index contributed by atoms with van der Waals surface area (Å²) in [6.45, 7) is 7.36. The summed E-state index contributed by atoms with van der Waals surface area (Å²) in [6, 6.07) is 13.3. The van der Waals surface area contributed by atoms with Gasteiger partial charge in [-0.05, 0) is 56.5 Å². The Labute approximate surface area is 148 Å². The molecule has 1 unspecified atom stereocenters. The van der Waals surface area contributed by atoms with Crippen LogP contribution in [0.5, 0.6) is 5.75 Å². The van der Waals surface area contributed by atoms with Crippen LogP contribution in [0.3, 0.4) is 0 Å². The van der Waals surface area contributed by atoms with Crippen LogP contribution in [0.25, 0.3) is 0 Å². The first-order valence-electron chi connectivity index (χ1n) is 8.24. The number of carbonyl (C=O) groups is 2. The van der Waals surface area contributed by atoms with Gasteiger partial charge in [-0.2, -0.15) is 0 Å². The van der Waals surface area contributed by atoms with Crippen LogP contribution < -0.4 is 15.4 Å². The SMILES string of the molecule is Cc1cccc(OC(C)C(=O)NCC(=O)Nc2c(C)cccc2C)c1. The highest BCUT2D eigenvalue weighted by Gasteiger charge is 2.16. The Kier molecular flexibility index (Phi) is 6.17. The van der Waals surface area contributed by atoms with E-state index in [9.17, 15) is 9.59 Å². The average Bonchev–Trinajstić information content (AvgIpc) is 2.56. The molecule has 0 aliphatic carbocycles. The molecule has 0 radical (unpaired) electrons. The molecule has 2 aromatic rings. The standard InChI is InChI=1S/C20H24N2O3/c1-13-7-5-10-17(11-13)25-16(4)20(24)21-12-18(23)22-19-14(2)8-6-9-15(19)3/h5-11,16H,12H2,1-4H3,(H,21,24)(H,22,23). The van der Waals surface area contributed by atoms with E-state index in [0.717, 1.165) is 22.4 Å². The lowest BCUT2D eigenvalue weighted by Crippen LogP contribution is -2.40. The zero-order valence-corrected chi connectivity index (χ0v) is 15.1. The number of ether oxygens (including phenoxy) is 1. The quantitative estimate of drug-likeness (QED) is 0.849. The second kappa shape index (κ2) is 8.33. The highest BCUT2D eigenvalue weighted by atomic mass is 16.5. The number of anilines is 1. The molecule has 25 heavy (non-hydrogen) atoms. The van der Waals surface area contributed by atoms with Crippen molar-refractivity contribution in [3.63, 3.8) is 0 Å². The Morgan fingerprint density at radius 1 is 1.04 bits per heavy atom. The first kappa shape index (κ1) is 18.5. The maximum absolute atomic E-state index is 12.1. The number of hydrogen-bond acceptors (Lipinski definition) is 3. The van der Waals surface area contributed by atoms with Gasteiger partial charge in [-0.25, -0.2) is 0 Å². The van der Waals surface area contributed by atoms with E-state index in [-0.39, 0.29) is 18.4 Å². The van der Waals surface area contributed by atoms with Crippen LogP contribution in [0.1, 0.15) is 23.6 Å². The van der Waals surface area contributed by atoms with Gasteiger partial charge in [0.15, 0.2) is 6.10 Å². The van der Waals surface area contributed by atoms with Crippen molar-refractivity contribution in [2.75, 3.05) is 11.9 Å². The van der Waals surface area contributed by atoms with Crippen LogP contribution in [0, 0.1) is 20.8 Å². The zero-order valence-electron chi connectivity index (χ0n) is 15.1. The lowest BCUT2D eigenvalue weighted by molar-refractivity contribution is -0.129. The van der Waals surface area contributed by atoms with E-state index in [2.05, 4.69) is 10.6 Å². The Bertz CT molecular complexity index is 751. The fraction of sp³-hybridized carbons (Fsp3) is 0.300. The van der Waals surface area contributed by atoms with Gasteiger partial charge in [0.05, 0.1) is 6.54 Å². The van der Waals surface area contributed by atoms with Crippen LogP contribution in [-0.2, 0) is 9.59 Å². The Balaban J connectivity index is 1.85. The molecule has 0 spiro atoms. The molecule has 0 saturated carbocycles. The molecular weight excluding hydrogens is 316 g/mol. The summed E-state index contributed by atoms with van der Waals surface area (Å²) >= 11 is 0. The summed E-state index contributed by atoms with van der Waals surface area (Å²) in [6.07, 6.45) is -0.685. The van der Waals surface area contributed by atoms with Gasteiger partial charge in [-0.3, -0.25) is 9.59 Å². The van der Waals surface area contributed by atoms with Crippen molar-refractivity contribution in [2.45, 2.75) is 33.8 Å². The van der Waals surface area contributed by atoms with Gasteiger partial charge in [0.2, 0.25) is 5.91 Å². The van der Waals surface area contributed by atoms with Crippen molar-refractivity contribution in [2.24, 2.45) is 0 Å². The predicted octanol–water partition coefficient (Wildman–Crippen LogP) is 3.13. The summed E-state index contributed by atoms with van der Waals surface area (Å²) < 4.78 is 5.60. The van der Waals surface area contributed by atoms with Gasteiger partial charge in [0, 0.05) is 5.69 Å². The van der Waals surface area contributed by atoms with E-state index in [4.69, 9.17) is 4.74 Å². The zero-order chi connectivity index (χ0) is 18.4. The molecule has 0 saturated heterocycles. The molecule has 0 aromatic heterocycles. The van der Waals surface area contributed by atoms with Gasteiger partial charge < -0.3 is 15.4 Å². The lowest BCUT2D eigenvalue weighted by Gasteiger charge is -2.16. The van der Waals surface area contributed by atoms with Crippen LogP contribution in [-0.4, -0.2) is 24.5 Å². The average molecular weight is 340 g/mol. The smallest absolute Gasteiger partial charge is 0.261 e. The third kappa shape index (κ3) is 5.35. The first-order chi connectivity index (χ1) is 11.9. The van der Waals surface area contributed by atoms with Crippen molar-refractivity contribution >= 4 is 17.5 Å². The van der Waals surface area contributed by atoms with E-state index in [1.54, 1.807) is 13.0 Å². The largest absolute Gasteiger partial charge is 0.481 e. The van der Waals surface area contributed by atoms with E-state index in [1.165, 1.54) is 0 Å². The van der Waals surface area contributed by atoms with Gasteiger partial charge in [0.1, 0.15) is 5.75 Å². The van der Waals surface area contributed by atoms with E-state index < -0.39 is 6.10 Å². The van der Waals surface area contributed by atoms with Gasteiger partial charge in [-0.1, -0.05) is 30.3 Å². The van der Waals surface area contributed by atoms with E-state index in [1.807, 2.05) is 57.2 Å². The molecule has 1 atom stereocenters. The van der Waals surface area contributed by atoms with Crippen molar-refractivity contribution in [1.82, 2.24) is 5.32 Å². The number of hydrogen-bond donors (Lipinski definition) is 2. The van der Waals surface area contributed by atoms with Crippen LogP contribution in [0.2, 0.25) is 0 Å². The second-order valence-electron chi connectivity index (χ2n) is 6.11. The summed E-state index contributed by atoms with van der Waals surface area (Å²) in [5.74, 6) is 0.0225. The third-order valence-electron chi connectivity index (χ3n) is 3.84. The number of amides is 2. The molecule has 5 nitrogen and oxygen atoms in total. The minimum atomic E-state index is -0.685. The molecule has 132 valence electrons. The van der Waals surface area contributed by atoms with Crippen molar-refractivity contribution < 1.29 is 14.3 Å². The number of benzene rings is 2. The molecule has 2 aromatic carbocycles. The summed E-state index contributed by atoms with van der Waals surface area (Å²) in [7, 11) is 0. The topological polar surface area (TPSA) is 67.4 Å². The number of aryl methyl sites for hydroxylation is 3. The van der Waals surface area contributed by atoms with Gasteiger partial charge in [0.25, 0.3) is 5.91 Å². The lowest BCUT2D eigenvalue weighted by atomic mass is 10.1. The number of carbonyl (C=O) groups excluding carboxylic acids is 2. The molecule has 2 amide bonds. The van der Waals surface area contributed by atoms with E-state index >= 15 is 0 Å². The van der Waals surface area contributed by atoms with Crippen molar-refractivity contribution in [3.8, 4) is 5.75 Å². The monoisotopic (exact) mass is 340 g/mol.